The van der Waals surface area contributed by atoms with Gasteiger partial charge in [0.2, 0.25) is 0 Å². The molecule has 2 heterocycles. The quantitative estimate of drug-likeness (QED) is 0.394. The van der Waals surface area contributed by atoms with Gasteiger partial charge in [-0.25, -0.2) is 4.98 Å². The van der Waals surface area contributed by atoms with E-state index in [4.69, 9.17) is 4.74 Å². The van der Waals surface area contributed by atoms with Crippen LogP contribution in [-0.2, 0) is 18.4 Å². The van der Waals surface area contributed by atoms with Gasteiger partial charge in [-0.15, -0.1) is 5.10 Å². The van der Waals surface area contributed by atoms with Crippen molar-refractivity contribution in [2.75, 3.05) is 0 Å². The molecule has 0 bridgehead atoms. The molecule has 0 saturated heterocycles. The Balaban J connectivity index is 1.68. The summed E-state index contributed by atoms with van der Waals surface area (Å²) in [6.07, 6.45) is 1.93. The van der Waals surface area contributed by atoms with Gasteiger partial charge in [0, 0.05) is 19.6 Å². The first-order valence-corrected chi connectivity index (χ1v) is 11.6. The van der Waals surface area contributed by atoms with Crippen LogP contribution in [0.5, 0.6) is 5.75 Å². The Labute approximate surface area is 194 Å². The molecule has 10 heteroatoms. The van der Waals surface area contributed by atoms with Crippen molar-refractivity contribution in [1.82, 2.24) is 30.6 Å². The van der Waals surface area contributed by atoms with Crippen LogP contribution in [0.3, 0.4) is 0 Å². The Morgan fingerprint density at radius 3 is 2.73 bits per heavy atom. The number of nitrogens with zero attached hydrogens (tertiary/aromatic N) is 4. The number of ether oxygens (including phenoxy) is 1. The van der Waals surface area contributed by atoms with E-state index in [1.165, 1.54) is 0 Å². The lowest BCUT2D eigenvalue weighted by Gasteiger charge is -2.27. The molecule has 0 aromatic carbocycles. The fourth-order valence-corrected chi connectivity index (χ4v) is 3.93. The van der Waals surface area contributed by atoms with Crippen LogP contribution < -0.4 is 15.4 Å². The molecular formula is C23H36N6O4. The summed E-state index contributed by atoms with van der Waals surface area (Å²) in [5.74, 6) is -0.0527. The average molecular weight is 461 g/mol. The van der Waals surface area contributed by atoms with E-state index in [1.54, 1.807) is 11.7 Å². The summed E-state index contributed by atoms with van der Waals surface area (Å²) in [6.45, 7) is 8.43. The van der Waals surface area contributed by atoms with E-state index in [1.807, 2.05) is 26.0 Å². The molecule has 33 heavy (non-hydrogen) atoms. The molecule has 2 aromatic rings. The fraction of sp³-hybridized carbons (Fsp3) is 0.652. The van der Waals surface area contributed by atoms with Crippen molar-refractivity contribution in [1.29, 1.82) is 0 Å². The maximum absolute atomic E-state index is 11.3. The number of aliphatic carboxylic acids is 1. The van der Waals surface area contributed by atoms with Gasteiger partial charge in [0.15, 0.2) is 6.35 Å². The first-order chi connectivity index (χ1) is 15.7. The highest BCUT2D eigenvalue weighted by atomic mass is 16.5. The summed E-state index contributed by atoms with van der Waals surface area (Å²) >= 11 is 0. The maximum Gasteiger partial charge on any atom is 0.306 e. The monoisotopic (exact) mass is 460 g/mol. The van der Waals surface area contributed by atoms with Gasteiger partial charge in [-0.05, 0) is 57.6 Å². The lowest BCUT2D eigenvalue weighted by atomic mass is 9.87. The fourth-order valence-electron chi connectivity index (χ4n) is 3.93. The van der Waals surface area contributed by atoms with Crippen LogP contribution >= 0.6 is 0 Å². The molecule has 0 aliphatic heterocycles. The minimum absolute atomic E-state index is 0.121. The average Bonchev–Trinajstić information content (AvgIpc) is 3.14. The van der Waals surface area contributed by atoms with Crippen LogP contribution in [0.25, 0.3) is 11.4 Å². The molecule has 1 aliphatic rings. The summed E-state index contributed by atoms with van der Waals surface area (Å²) in [7, 11) is 1.80. The minimum atomic E-state index is -0.860. The summed E-state index contributed by atoms with van der Waals surface area (Å²) < 4.78 is 7.77. The predicted octanol–water partition coefficient (Wildman–Crippen LogP) is 2.21. The normalized spacial score (nSPS) is 20.6. The molecule has 182 valence electrons. The summed E-state index contributed by atoms with van der Waals surface area (Å²) in [6, 6.07) is 3.85. The Morgan fingerprint density at radius 2 is 2.06 bits per heavy atom. The lowest BCUT2D eigenvalue weighted by Crippen LogP contribution is -2.47. The van der Waals surface area contributed by atoms with Gasteiger partial charge in [-0.3, -0.25) is 20.1 Å². The number of aliphatic hydroxyl groups excluding tert-OH is 1. The largest absolute Gasteiger partial charge is 0.489 e. The molecule has 1 aliphatic carbocycles. The van der Waals surface area contributed by atoms with Crippen molar-refractivity contribution in [2.45, 2.75) is 78.4 Å². The molecule has 10 nitrogen and oxygen atoms in total. The van der Waals surface area contributed by atoms with Crippen molar-refractivity contribution in [3.63, 3.8) is 0 Å². The number of carboxylic acid groups (broad SMARTS) is 1. The molecule has 1 fully saturated rings. The van der Waals surface area contributed by atoms with Crippen LogP contribution in [0.4, 0.5) is 0 Å². The van der Waals surface area contributed by atoms with Gasteiger partial charge in [-0.1, -0.05) is 19.1 Å². The Bertz CT molecular complexity index is 947. The summed E-state index contributed by atoms with van der Waals surface area (Å²) in [5, 5.41) is 34.1. The predicted molar refractivity (Wildman–Crippen MR) is 123 cm³/mol. The Kier molecular flexibility index (Phi) is 8.39. The number of hydrogen-bond donors (Lipinski definition) is 4. The zero-order valence-corrected chi connectivity index (χ0v) is 20.1. The number of rotatable bonds is 10. The number of carboxylic acids is 1. The van der Waals surface area contributed by atoms with Crippen molar-refractivity contribution >= 4 is 5.97 Å². The number of hydrogen-bond acceptors (Lipinski definition) is 8. The molecular weight excluding hydrogens is 424 g/mol. The van der Waals surface area contributed by atoms with Crippen LogP contribution in [-0.4, -0.2) is 54.7 Å². The van der Waals surface area contributed by atoms with Gasteiger partial charge < -0.3 is 14.9 Å². The highest BCUT2D eigenvalue weighted by Crippen LogP contribution is 2.30. The smallest absolute Gasteiger partial charge is 0.306 e. The van der Waals surface area contributed by atoms with Crippen molar-refractivity contribution in [2.24, 2.45) is 18.9 Å². The molecule has 2 unspecified atom stereocenters. The number of pyridine rings is 1. The Hall–Kier alpha value is -2.56. The van der Waals surface area contributed by atoms with Crippen LogP contribution in [0.15, 0.2) is 12.1 Å². The number of aromatic nitrogens is 4. The first-order valence-electron chi connectivity index (χ1n) is 11.6. The van der Waals surface area contributed by atoms with Gasteiger partial charge in [0.1, 0.15) is 11.4 Å². The topological polar surface area (TPSA) is 134 Å². The first kappa shape index (κ1) is 25.1. The molecule has 4 N–H and O–H groups in total. The molecule has 0 amide bonds. The molecule has 0 radical (unpaired) electrons. The lowest BCUT2D eigenvalue weighted by molar-refractivity contribution is -0.143. The van der Waals surface area contributed by atoms with E-state index < -0.39 is 12.3 Å². The van der Waals surface area contributed by atoms with E-state index in [0.29, 0.717) is 48.1 Å². The van der Waals surface area contributed by atoms with Crippen molar-refractivity contribution < 1.29 is 19.7 Å². The minimum Gasteiger partial charge on any atom is -0.489 e. The molecule has 1 saturated carbocycles. The third-order valence-corrected chi connectivity index (χ3v) is 6.38. The van der Waals surface area contributed by atoms with Crippen molar-refractivity contribution in [3.05, 3.63) is 23.5 Å². The van der Waals surface area contributed by atoms with E-state index >= 15 is 0 Å². The van der Waals surface area contributed by atoms with Crippen LogP contribution in [0.1, 0.15) is 57.8 Å². The number of nitrogens with one attached hydrogen (secondary N) is 2. The highest BCUT2D eigenvalue weighted by Gasteiger charge is 2.28. The van der Waals surface area contributed by atoms with E-state index in [0.717, 1.165) is 18.5 Å². The molecule has 0 spiro atoms. The second kappa shape index (κ2) is 11.0. The number of aryl methyl sites for hydroxylation is 2. The maximum atomic E-state index is 11.3. The second-order valence-corrected chi connectivity index (χ2v) is 9.21. The third-order valence-electron chi connectivity index (χ3n) is 6.38. The Morgan fingerprint density at radius 1 is 1.30 bits per heavy atom. The standard InChI is InChI=1S/C23H36N6O4/c1-13(2)14(3)26-23(32)24-12-19-21(27-28-29(19)5)18-9-10-20(15(4)25-18)33-17-8-6-7-16(11-17)22(30)31/h9-10,13-14,16-17,23-24,26,32H,6-8,11-12H2,1-5H3,(H,30,31)/t14?,16-,17-,23?/m0/s1. The number of carbonyl (C=O) groups is 1. The van der Waals surface area contributed by atoms with Gasteiger partial charge in [0.25, 0.3) is 0 Å². The van der Waals surface area contributed by atoms with Gasteiger partial charge in [-0.2, -0.15) is 0 Å². The second-order valence-electron chi connectivity index (χ2n) is 9.21. The highest BCUT2D eigenvalue weighted by molar-refractivity contribution is 5.70. The molecule has 2 aromatic heterocycles. The third kappa shape index (κ3) is 6.49. The zero-order chi connectivity index (χ0) is 24.1. The van der Waals surface area contributed by atoms with E-state index in [9.17, 15) is 15.0 Å². The molecule has 3 rings (SSSR count). The van der Waals surface area contributed by atoms with E-state index in [2.05, 4.69) is 39.8 Å². The van der Waals surface area contributed by atoms with E-state index in [-0.39, 0.29) is 18.1 Å². The molecule has 4 atom stereocenters. The SMILES string of the molecule is Cc1nc(-c2nnn(C)c2CNC(O)NC(C)C(C)C)ccc1O[C@H]1CCC[C@H](C(=O)O)C1. The summed E-state index contributed by atoms with van der Waals surface area (Å²) in [5.41, 5.74) is 2.80. The zero-order valence-electron chi connectivity index (χ0n) is 20.1. The summed E-state index contributed by atoms with van der Waals surface area (Å²) in [4.78, 5) is 16.0. The van der Waals surface area contributed by atoms with Crippen LogP contribution in [0.2, 0.25) is 0 Å². The number of aliphatic hydroxyl groups is 1. The van der Waals surface area contributed by atoms with Gasteiger partial charge in [0.05, 0.1) is 29.1 Å². The van der Waals surface area contributed by atoms with Gasteiger partial charge >= 0.3 is 5.97 Å². The van der Waals surface area contributed by atoms with Crippen molar-refractivity contribution in [3.8, 4) is 17.1 Å². The van der Waals surface area contributed by atoms with Crippen LogP contribution in [0, 0.1) is 18.8 Å².